The summed E-state index contributed by atoms with van der Waals surface area (Å²) in [5.41, 5.74) is 8.22. The maximum atomic E-state index is 5.53. The first-order chi connectivity index (χ1) is 4.20. The minimum Gasteiger partial charge on any atom is -0.398 e. The summed E-state index contributed by atoms with van der Waals surface area (Å²) in [6.45, 7) is 1.95. The van der Waals surface area contributed by atoms with Crippen molar-refractivity contribution in [3.8, 4) is 0 Å². The van der Waals surface area contributed by atoms with Crippen LogP contribution in [-0.2, 0) is 0 Å². The van der Waals surface area contributed by atoms with Gasteiger partial charge < -0.3 is 5.73 Å². The summed E-state index contributed by atoms with van der Waals surface area (Å²) in [6, 6.07) is 3.78. The molecule has 0 aliphatic carbocycles. The quantitative estimate of drug-likeness (QED) is 0.456. The first-order valence-corrected chi connectivity index (χ1v) is 2.90. The van der Waals surface area contributed by atoms with Gasteiger partial charge in [0.25, 0.3) is 0 Å². The third kappa shape index (κ3) is 1.22. The average molecular weight is 120 g/mol. The Hall–Kier alpha value is -0.985. The van der Waals surface area contributed by atoms with E-state index in [-0.39, 0.29) is 0 Å². The fourth-order valence-corrected chi connectivity index (χ4v) is 0.697. The Morgan fingerprint density at radius 1 is 1.56 bits per heavy atom. The van der Waals surface area contributed by atoms with Gasteiger partial charge >= 0.3 is 0 Å². The molecule has 0 spiro atoms. The molecule has 1 aromatic rings. The zero-order valence-electron chi connectivity index (χ0n) is 5.68. The molecule has 0 fully saturated rings. The van der Waals surface area contributed by atoms with E-state index < -0.39 is 0 Å². The molecule has 0 bridgehead atoms. The van der Waals surface area contributed by atoms with Gasteiger partial charge in [-0.15, -0.1) is 0 Å². The highest BCUT2D eigenvalue weighted by atomic mass is 14.7. The van der Waals surface area contributed by atoms with E-state index >= 15 is 0 Å². The number of aryl methyl sites for hydroxylation is 1. The standard InChI is InChI=1S/C6H9BN2/c1-4-2-3-5(8)6(7)9-4/h2-3H,7-8H2,1H3. The van der Waals surface area contributed by atoms with Crippen LogP contribution in [0.25, 0.3) is 0 Å². The Morgan fingerprint density at radius 3 is 2.67 bits per heavy atom. The van der Waals surface area contributed by atoms with Crippen molar-refractivity contribution in [2.24, 2.45) is 0 Å². The Bertz CT molecular complexity index is 222. The van der Waals surface area contributed by atoms with Gasteiger partial charge in [0.05, 0.1) is 0 Å². The lowest BCUT2D eigenvalue weighted by Crippen LogP contribution is -2.14. The van der Waals surface area contributed by atoms with Gasteiger partial charge in [-0.25, -0.2) is 0 Å². The molecule has 0 radical (unpaired) electrons. The largest absolute Gasteiger partial charge is 0.398 e. The third-order valence-corrected chi connectivity index (χ3v) is 1.27. The van der Waals surface area contributed by atoms with Crippen LogP contribution in [0.3, 0.4) is 0 Å². The molecule has 0 saturated heterocycles. The van der Waals surface area contributed by atoms with E-state index in [9.17, 15) is 0 Å². The summed E-state index contributed by atoms with van der Waals surface area (Å²) in [6.07, 6.45) is 0. The van der Waals surface area contributed by atoms with Crippen LogP contribution in [0.4, 0.5) is 5.69 Å². The van der Waals surface area contributed by atoms with Gasteiger partial charge in [-0.1, -0.05) is 0 Å². The lowest BCUT2D eigenvalue weighted by molar-refractivity contribution is 1.24. The highest BCUT2D eigenvalue weighted by Gasteiger charge is 1.91. The highest BCUT2D eigenvalue weighted by Crippen LogP contribution is 1.94. The molecular formula is C6H9BN2. The monoisotopic (exact) mass is 120 g/mol. The third-order valence-electron chi connectivity index (χ3n) is 1.27. The van der Waals surface area contributed by atoms with Crippen LogP contribution in [0, 0.1) is 6.92 Å². The van der Waals surface area contributed by atoms with Crippen molar-refractivity contribution in [2.45, 2.75) is 6.92 Å². The van der Waals surface area contributed by atoms with Crippen molar-refractivity contribution in [1.29, 1.82) is 0 Å². The molecule has 9 heavy (non-hydrogen) atoms. The fraction of sp³-hybridized carbons (Fsp3) is 0.167. The van der Waals surface area contributed by atoms with Crippen molar-refractivity contribution >= 4 is 19.1 Å². The van der Waals surface area contributed by atoms with Crippen LogP contribution in [0.1, 0.15) is 5.69 Å². The van der Waals surface area contributed by atoms with Crippen LogP contribution < -0.4 is 11.3 Å². The second kappa shape index (κ2) is 2.09. The van der Waals surface area contributed by atoms with Crippen molar-refractivity contribution in [2.75, 3.05) is 5.73 Å². The van der Waals surface area contributed by atoms with Gasteiger partial charge in [-0.3, -0.25) is 4.98 Å². The van der Waals surface area contributed by atoms with Gasteiger partial charge in [0, 0.05) is 17.0 Å². The number of hydrogen-bond donors (Lipinski definition) is 1. The van der Waals surface area contributed by atoms with Gasteiger partial charge in [0.1, 0.15) is 0 Å². The molecule has 0 aliphatic rings. The van der Waals surface area contributed by atoms with E-state index in [1.54, 1.807) is 0 Å². The molecule has 0 amide bonds. The minimum atomic E-state index is 0.764. The molecule has 0 aliphatic heterocycles. The molecule has 1 rings (SSSR count). The van der Waals surface area contributed by atoms with Crippen molar-refractivity contribution in [3.63, 3.8) is 0 Å². The maximum Gasteiger partial charge on any atom is 0.166 e. The first-order valence-electron chi connectivity index (χ1n) is 2.90. The number of nitrogens with zero attached hydrogens (tertiary/aromatic N) is 1. The Labute approximate surface area is 55.5 Å². The molecule has 2 nitrogen and oxygen atoms in total. The van der Waals surface area contributed by atoms with Gasteiger partial charge in [0.2, 0.25) is 0 Å². The van der Waals surface area contributed by atoms with E-state index in [1.165, 1.54) is 0 Å². The average Bonchev–Trinajstić information content (AvgIpc) is 1.80. The molecule has 1 heterocycles. The lowest BCUT2D eigenvalue weighted by Gasteiger charge is -1.97. The molecule has 3 heteroatoms. The van der Waals surface area contributed by atoms with Gasteiger partial charge in [-0.2, -0.15) is 0 Å². The fourth-order valence-electron chi connectivity index (χ4n) is 0.697. The summed E-state index contributed by atoms with van der Waals surface area (Å²) in [5, 5.41) is 0. The predicted octanol–water partition coefficient (Wildman–Crippen LogP) is -0.769. The van der Waals surface area contributed by atoms with Crippen molar-refractivity contribution in [1.82, 2.24) is 4.98 Å². The topological polar surface area (TPSA) is 38.9 Å². The minimum absolute atomic E-state index is 0.764. The SMILES string of the molecule is Bc1nc(C)ccc1N. The smallest absolute Gasteiger partial charge is 0.166 e. The number of nitrogens with two attached hydrogens (primary N) is 1. The maximum absolute atomic E-state index is 5.53. The normalized spacial score (nSPS) is 9.44. The zero-order valence-corrected chi connectivity index (χ0v) is 5.68. The number of nitrogen functional groups attached to an aromatic ring is 1. The van der Waals surface area contributed by atoms with Gasteiger partial charge in [-0.05, 0) is 19.1 Å². The van der Waals surface area contributed by atoms with E-state index in [0.29, 0.717) is 0 Å². The Balaban J connectivity index is 3.17. The van der Waals surface area contributed by atoms with Crippen molar-refractivity contribution < 1.29 is 0 Å². The van der Waals surface area contributed by atoms with E-state index in [1.807, 2.05) is 26.9 Å². The molecule has 2 N–H and O–H groups in total. The molecule has 0 saturated carbocycles. The summed E-state index contributed by atoms with van der Waals surface area (Å²) in [7, 11) is 1.91. The summed E-state index contributed by atoms with van der Waals surface area (Å²) >= 11 is 0. The number of aromatic nitrogens is 1. The molecule has 0 unspecified atom stereocenters. The number of anilines is 1. The second-order valence-corrected chi connectivity index (χ2v) is 2.13. The first kappa shape index (κ1) is 6.14. The van der Waals surface area contributed by atoms with E-state index in [2.05, 4.69) is 4.98 Å². The Morgan fingerprint density at radius 2 is 2.22 bits per heavy atom. The highest BCUT2D eigenvalue weighted by molar-refractivity contribution is 6.33. The van der Waals surface area contributed by atoms with Crippen molar-refractivity contribution in [3.05, 3.63) is 17.8 Å². The summed E-state index contributed by atoms with van der Waals surface area (Å²) in [4.78, 5) is 4.15. The van der Waals surface area contributed by atoms with Crippen LogP contribution in [0.15, 0.2) is 12.1 Å². The summed E-state index contributed by atoms with van der Waals surface area (Å²) in [5.74, 6) is 0. The van der Waals surface area contributed by atoms with Crippen LogP contribution in [0.2, 0.25) is 0 Å². The molecular weight excluding hydrogens is 111 g/mol. The predicted molar refractivity (Wildman–Crippen MR) is 41.6 cm³/mol. The molecule has 0 atom stereocenters. The number of hydrogen-bond acceptors (Lipinski definition) is 2. The number of pyridine rings is 1. The molecule has 46 valence electrons. The van der Waals surface area contributed by atoms with E-state index in [4.69, 9.17) is 5.73 Å². The lowest BCUT2D eigenvalue weighted by atomic mass is 10.0. The van der Waals surface area contributed by atoms with E-state index in [0.717, 1.165) is 17.0 Å². The van der Waals surface area contributed by atoms with Crippen LogP contribution in [-0.4, -0.2) is 12.8 Å². The Kier molecular flexibility index (Phi) is 1.43. The number of rotatable bonds is 0. The molecule has 1 aromatic heterocycles. The van der Waals surface area contributed by atoms with Crippen LogP contribution >= 0.6 is 0 Å². The molecule has 0 aromatic carbocycles. The van der Waals surface area contributed by atoms with Gasteiger partial charge in [0.15, 0.2) is 7.85 Å². The zero-order chi connectivity index (χ0) is 6.85. The van der Waals surface area contributed by atoms with Crippen LogP contribution in [0.5, 0.6) is 0 Å². The summed E-state index contributed by atoms with van der Waals surface area (Å²) < 4.78 is 0. The second-order valence-electron chi connectivity index (χ2n) is 2.13.